The molecule has 15 nitrogen and oxygen atoms in total. The van der Waals surface area contributed by atoms with E-state index in [-0.39, 0.29) is 48.1 Å². The summed E-state index contributed by atoms with van der Waals surface area (Å²) in [7, 11) is 0. The van der Waals surface area contributed by atoms with Gasteiger partial charge in [-0.1, -0.05) is 0 Å². The number of imidazole rings is 1. The van der Waals surface area contributed by atoms with Gasteiger partial charge in [0, 0.05) is 12.6 Å². The molecule has 0 saturated carbocycles. The summed E-state index contributed by atoms with van der Waals surface area (Å²) in [5.41, 5.74) is 12.4. The SMILES string of the molecule is Nc1nc2c(ncn2[C@@H]2OC3CC[C@H]4C[C@H](n5ccc6c(N)ncnc65)OC4COP(O)(=S)O[C@@H]2C3)c(=O)[nH]1. The van der Waals surface area contributed by atoms with Crippen LogP contribution in [-0.2, 0) is 30.3 Å². The molecular formula is C22H26N9O6PS. The van der Waals surface area contributed by atoms with Crippen molar-refractivity contribution in [2.45, 2.75) is 56.5 Å². The van der Waals surface area contributed by atoms with Crippen molar-refractivity contribution in [1.82, 2.24) is 34.1 Å². The predicted molar refractivity (Wildman–Crippen MR) is 142 cm³/mol. The zero-order valence-corrected chi connectivity index (χ0v) is 22.2. The topological polar surface area (TPSA) is 203 Å². The number of H-pyrrole nitrogens is 1. The number of fused-ring (bicyclic) bond motifs is 5. The molecule has 39 heavy (non-hydrogen) atoms. The highest BCUT2D eigenvalue weighted by atomic mass is 32.5. The normalized spacial score (nSPS) is 33.4. The van der Waals surface area contributed by atoms with E-state index in [2.05, 4.69) is 24.9 Å². The molecule has 3 fully saturated rings. The van der Waals surface area contributed by atoms with Gasteiger partial charge in [-0.25, -0.2) is 15.0 Å². The molecular weight excluding hydrogens is 549 g/mol. The van der Waals surface area contributed by atoms with E-state index in [1.807, 2.05) is 16.8 Å². The molecule has 17 heteroatoms. The quantitative estimate of drug-likeness (QED) is 0.249. The number of anilines is 2. The lowest BCUT2D eigenvalue weighted by Crippen LogP contribution is -2.25. The predicted octanol–water partition coefficient (Wildman–Crippen LogP) is 1.33. The number of nitrogen functional groups attached to an aromatic ring is 2. The largest absolute Gasteiger partial charge is 0.383 e. The van der Waals surface area contributed by atoms with Gasteiger partial charge >= 0.3 is 6.72 Å². The smallest absolute Gasteiger partial charge is 0.325 e. The van der Waals surface area contributed by atoms with Gasteiger partial charge in [0.1, 0.15) is 30.1 Å². The van der Waals surface area contributed by atoms with Crippen molar-refractivity contribution in [2.75, 3.05) is 18.1 Å². The Kier molecular flexibility index (Phi) is 5.97. The molecule has 3 unspecified atom stereocenters. The third-order valence-electron chi connectivity index (χ3n) is 7.61. The molecule has 7 heterocycles. The van der Waals surface area contributed by atoms with Crippen LogP contribution in [0.2, 0.25) is 0 Å². The minimum Gasteiger partial charge on any atom is -0.383 e. The van der Waals surface area contributed by atoms with Crippen molar-refractivity contribution >= 4 is 52.5 Å². The molecule has 0 amide bonds. The molecule has 4 aromatic heterocycles. The average molecular weight is 576 g/mol. The van der Waals surface area contributed by atoms with Crippen LogP contribution in [0.3, 0.4) is 0 Å². The Hall–Kier alpha value is -2.98. The van der Waals surface area contributed by atoms with E-state index in [1.165, 1.54) is 12.7 Å². The first kappa shape index (κ1) is 25.0. The number of nitrogens with zero attached hydrogens (tertiary/aromatic N) is 6. The van der Waals surface area contributed by atoms with Crippen molar-refractivity contribution in [3.63, 3.8) is 0 Å². The number of nitrogens with two attached hydrogens (primary N) is 2. The summed E-state index contributed by atoms with van der Waals surface area (Å²) in [6.07, 6.45) is 5.25. The van der Waals surface area contributed by atoms with Crippen molar-refractivity contribution < 1.29 is 23.4 Å². The first-order valence-electron chi connectivity index (χ1n) is 12.5. The highest BCUT2D eigenvalue weighted by Crippen LogP contribution is 2.52. The summed E-state index contributed by atoms with van der Waals surface area (Å²) in [5.74, 6) is 0.469. The Labute approximate surface area is 225 Å². The second-order valence-electron chi connectivity index (χ2n) is 9.99. The van der Waals surface area contributed by atoms with Crippen LogP contribution in [0.1, 0.15) is 38.1 Å². The Morgan fingerprint density at radius 2 is 1.97 bits per heavy atom. The zero-order chi connectivity index (χ0) is 26.9. The average Bonchev–Trinajstić information content (AvgIpc) is 3.65. The molecule has 0 aliphatic carbocycles. The third-order valence-corrected chi connectivity index (χ3v) is 9.20. The van der Waals surface area contributed by atoms with E-state index in [9.17, 15) is 9.69 Å². The number of hydrogen-bond donors (Lipinski definition) is 4. The van der Waals surface area contributed by atoms with Gasteiger partial charge in [0.25, 0.3) is 5.56 Å². The van der Waals surface area contributed by atoms with E-state index < -0.39 is 24.6 Å². The van der Waals surface area contributed by atoms with Crippen LogP contribution >= 0.6 is 6.72 Å². The van der Waals surface area contributed by atoms with E-state index in [0.717, 1.165) is 11.8 Å². The first-order valence-corrected chi connectivity index (χ1v) is 15.1. The number of rotatable bonds is 2. The Morgan fingerprint density at radius 3 is 2.85 bits per heavy atom. The molecule has 6 N–H and O–H groups in total. The van der Waals surface area contributed by atoms with Crippen molar-refractivity contribution in [3.8, 4) is 0 Å². The lowest BCUT2D eigenvalue weighted by Gasteiger charge is -2.26. The molecule has 206 valence electrons. The van der Waals surface area contributed by atoms with Crippen LogP contribution < -0.4 is 17.0 Å². The van der Waals surface area contributed by atoms with Crippen LogP contribution in [0.15, 0.2) is 29.7 Å². The Bertz CT molecular complexity index is 1670. The molecule has 2 bridgehead atoms. The monoisotopic (exact) mass is 575 g/mol. The van der Waals surface area contributed by atoms with Gasteiger partial charge in [0.15, 0.2) is 17.4 Å². The van der Waals surface area contributed by atoms with Gasteiger partial charge in [0.05, 0.1) is 30.5 Å². The Balaban J connectivity index is 1.16. The standard InChI is InChI=1S/C22H26N9O6PS/c23-17-12-3-4-30(18(12)26-8-25-17)15-5-10-1-2-11-6-13(37-38(33,39)34-7-14(10)36-15)21(35-11)31-9-27-16-19(31)28-22(24)29-20(16)32/h3-4,8-11,13-15,21H,1-2,5-7H2,(H,33,39)(H2,23,25,26)(H3,24,28,29,32)/t10-,11?,13+,14?,15+,21+,38?/m0/s1. The highest BCUT2D eigenvalue weighted by Gasteiger charge is 2.44. The maximum atomic E-state index is 12.3. The van der Waals surface area contributed by atoms with Gasteiger partial charge in [-0.2, -0.15) is 4.98 Å². The van der Waals surface area contributed by atoms with Gasteiger partial charge in [-0.15, -0.1) is 0 Å². The van der Waals surface area contributed by atoms with Crippen molar-refractivity contribution in [3.05, 3.63) is 35.3 Å². The molecule has 3 aliphatic rings. The lowest BCUT2D eigenvalue weighted by molar-refractivity contribution is -0.0513. The number of aromatic amines is 1. The number of ether oxygens (including phenoxy) is 2. The van der Waals surface area contributed by atoms with Crippen LogP contribution in [0.4, 0.5) is 11.8 Å². The number of aromatic nitrogens is 7. The van der Waals surface area contributed by atoms with E-state index in [0.29, 0.717) is 30.7 Å². The summed E-state index contributed by atoms with van der Waals surface area (Å²) < 4.78 is 28.1. The summed E-state index contributed by atoms with van der Waals surface area (Å²) in [6.45, 7) is -3.60. The van der Waals surface area contributed by atoms with Crippen LogP contribution in [0.5, 0.6) is 0 Å². The second-order valence-corrected chi connectivity index (χ2v) is 12.8. The van der Waals surface area contributed by atoms with Crippen molar-refractivity contribution in [2.24, 2.45) is 5.92 Å². The summed E-state index contributed by atoms with van der Waals surface area (Å²) in [4.78, 5) is 42.6. The van der Waals surface area contributed by atoms with Gasteiger partial charge < -0.3 is 39.4 Å². The maximum Gasteiger partial charge on any atom is 0.325 e. The number of nitrogens with one attached hydrogen (secondary N) is 1. The number of hydrogen-bond acceptors (Lipinski definition) is 12. The summed E-state index contributed by atoms with van der Waals surface area (Å²) in [6, 6.07) is 1.87. The fourth-order valence-electron chi connectivity index (χ4n) is 5.80. The molecule has 7 rings (SSSR count). The van der Waals surface area contributed by atoms with Crippen LogP contribution in [0.25, 0.3) is 22.2 Å². The summed E-state index contributed by atoms with van der Waals surface area (Å²) >= 11 is 5.38. The van der Waals surface area contributed by atoms with Gasteiger partial charge in [-0.05, 0) is 43.1 Å². The lowest BCUT2D eigenvalue weighted by atomic mass is 9.93. The van der Waals surface area contributed by atoms with E-state index in [1.54, 1.807) is 4.57 Å². The fourth-order valence-corrected chi connectivity index (χ4v) is 7.24. The molecule has 3 saturated heterocycles. The molecule has 0 radical (unpaired) electrons. The molecule has 4 aromatic rings. The van der Waals surface area contributed by atoms with Gasteiger partial charge in [-0.3, -0.25) is 14.3 Å². The minimum atomic E-state index is -3.68. The molecule has 3 aliphatic heterocycles. The van der Waals surface area contributed by atoms with E-state index >= 15 is 0 Å². The zero-order valence-electron chi connectivity index (χ0n) is 20.5. The maximum absolute atomic E-state index is 12.3. The third kappa shape index (κ3) is 4.41. The fraction of sp³-hybridized carbons (Fsp3) is 0.500. The van der Waals surface area contributed by atoms with E-state index in [4.69, 9.17) is 41.8 Å². The van der Waals surface area contributed by atoms with Gasteiger partial charge in [0.2, 0.25) is 5.95 Å². The minimum absolute atomic E-state index is 0.0438. The highest BCUT2D eigenvalue weighted by molar-refractivity contribution is 8.07. The van der Waals surface area contributed by atoms with Crippen LogP contribution in [-0.4, -0.2) is 63.9 Å². The molecule has 7 atom stereocenters. The molecule has 0 spiro atoms. The second kappa shape index (κ2) is 9.30. The summed E-state index contributed by atoms with van der Waals surface area (Å²) in [5, 5.41) is 0.757. The van der Waals surface area contributed by atoms with Crippen molar-refractivity contribution in [1.29, 1.82) is 0 Å². The molecule has 0 aromatic carbocycles. The first-order chi connectivity index (χ1) is 18.8. The van der Waals surface area contributed by atoms with Crippen LogP contribution in [0, 0.1) is 5.92 Å². The Morgan fingerprint density at radius 1 is 1.10 bits per heavy atom.